The van der Waals surface area contributed by atoms with E-state index in [4.69, 9.17) is 0 Å². The van der Waals surface area contributed by atoms with Crippen LogP contribution in [-0.2, 0) is 0 Å². The molecular weight excluding hydrogens is 225 g/mol. The lowest BCUT2D eigenvalue weighted by molar-refractivity contribution is 0.318. The monoisotopic (exact) mass is 249 g/mol. The van der Waals surface area contributed by atoms with Crippen molar-refractivity contribution in [2.45, 2.75) is 58.4 Å². The van der Waals surface area contributed by atoms with Crippen molar-refractivity contribution in [3.8, 4) is 0 Å². The molecule has 0 aromatic heterocycles. The van der Waals surface area contributed by atoms with Crippen LogP contribution in [0, 0.1) is 18.7 Å². The molecule has 1 N–H and O–H groups in total. The molecule has 0 amide bonds. The van der Waals surface area contributed by atoms with E-state index in [1.165, 1.54) is 38.5 Å². The highest BCUT2D eigenvalue weighted by Crippen LogP contribution is 2.30. The molecule has 1 aliphatic carbocycles. The minimum absolute atomic E-state index is 0.128. The van der Waals surface area contributed by atoms with Crippen LogP contribution < -0.4 is 5.32 Å². The Morgan fingerprint density at radius 3 is 2.61 bits per heavy atom. The first-order valence-electron chi connectivity index (χ1n) is 7.21. The van der Waals surface area contributed by atoms with Gasteiger partial charge in [-0.2, -0.15) is 0 Å². The highest BCUT2D eigenvalue weighted by atomic mass is 19.1. The molecule has 18 heavy (non-hydrogen) atoms. The van der Waals surface area contributed by atoms with Crippen LogP contribution in [0.25, 0.3) is 0 Å². The third-order valence-electron chi connectivity index (χ3n) is 4.03. The summed E-state index contributed by atoms with van der Waals surface area (Å²) in [4.78, 5) is 0. The van der Waals surface area contributed by atoms with Gasteiger partial charge in [-0.05, 0) is 56.2 Å². The normalized spacial score (nSPS) is 23.9. The maximum Gasteiger partial charge on any atom is 0.146 e. The summed E-state index contributed by atoms with van der Waals surface area (Å²) in [5, 5.41) is 3.38. The van der Waals surface area contributed by atoms with Crippen LogP contribution in [-0.4, -0.2) is 6.04 Å². The summed E-state index contributed by atoms with van der Waals surface area (Å²) in [7, 11) is 0. The molecule has 0 spiro atoms. The second kappa shape index (κ2) is 6.21. The Morgan fingerprint density at radius 1 is 1.22 bits per heavy atom. The van der Waals surface area contributed by atoms with Gasteiger partial charge in [0.05, 0.1) is 5.69 Å². The van der Waals surface area contributed by atoms with Crippen molar-refractivity contribution in [3.63, 3.8) is 0 Å². The van der Waals surface area contributed by atoms with Crippen molar-refractivity contribution < 1.29 is 4.39 Å². The lowest BCUT2D eigenvalue weighted by Crippen LogP contribution is -2.26. The molecule has 0 atom stereocenters. The maximum atomic E-state index is 13.7. The molecule has 1 saturated carbocycles. The number of benzene rings is 1. The van der Waals surface area contributed by atoms with E-state index in [1.807, 2.05) is 19.1 Å². The van der Waals surface area contributed by atoms with Gasteiger partial charge in [-0.25, -0.2) is 4.39 Å². The fraction of sp³-hybridized carbons (Fsp3) is 0.625. The average Bonchev–Trinajstić information content (AvgIpc) is 2.37. The highest BCUT2D eigenvalue weighted by Gasteiger charge is 2.21. The fourth-order valence-corrected chi connectivity index (χ4v) is 2.97. The summed E-state index contributed by atoms with van der Waals surface area (Å²) in [6.07, 6.45) is 7.58. The summed E-state index contributed by atoms with van der Waals surface area (Å²) in [5.41, 5.74) is 1.78. The summed E-state index contributed by atoms with van der Waals surface area (Å²) in [6, 6.07) is 5.74. The highest BCUT2D eigenvalue weighted by molar-refractivity contribution is 5.47. The molecule has 1 aromatic carbocycles. The number of halogens is 1. The lowest BCUT2D eigenvalue weighted by Gasteiger charge is -2.29. The number of nitrogens with one attached hydrogen (secondary N) is 1. The van der Waals surface area contributed by atoms with Gasteiger partial charge >= 0.3 is 0 Å². The summed E-state index contributed by atoms with van der Waals surface area (Å²) in [6.45, 7) is 4.26. The van der Waals surface area contributed by atoms with Gasteiger partial charge in [-0.3, -0.25) is 0 Å². The number of hydrogen-bond donors (Lipinski definition) is 1. The minimum atomic E-state index is -0.128. The van der Waals surface area contributed by atoms with Crippen LogP contribution in [0.5, 0.6) is 0 Å². The van der Waals surface area contributed by atoms with E-state index in [1.54, 1.807) is 6.07 Å². The Hall–Kier alpha value is -1.05. The first kappa shape index (κ1) is 13.4. The zero-order valence-electron chi connectivity index (χ0n) is 11.5. The van der Waals surface area contributed by atoms with Crippen molar-refractivity contribution in [1.82, 2.24) is 0 Å². The second-order valence-corrected chi connectivity index (χ2v) is 5.63. The molecule has 0 unspecified atom stereocenters. The van der Waals surface area contributed by atoms with E-state index in [0.29, 0.717) is 11.7 Å². The summed E-state index contributed by atoms with van der Waals surface area (Å²) >= 11 is 0. The quantitative estimate of drug-likeness (QED) is 0.800. The zero-order chi connectivity index (χ0) is 13.0. The Labute approximate surface area is 110 Å². The molecule has 0 radical (unpaired) electrons. The summed E-state index contributed by atoms with van der Waals surface area (Å²) < 4.78 is 13.7. The smallest absolute Gasteiger partial charge is 0.146 e. The van der Waals surface area contributed by atoms with E-state index >= 15 is 0 Å². The predicted molar refractivity (Wildman–Crippen MR) is 75.4 cm³/mol. The second-order valence-electron chi connectivity index (χ2n) is 5.63. The number of rotatable bonds is 4. The predicted octanol–water partition coefficient (Wildman–Crippen LogP) is 4.90. The Kier molecular flexibility index (Phi) is 4.62. The van der Waals surface area contributed by atoms with Crippen LogP contribution in [0.2, 0.25) is 0 Å². The first-order chi connectivity index (χ1) is 8.69. The molecule has 1 aliphatic rings. The van der Waals surface area contributed by atoms with E-state index in [-0.39, 0.29) is 5.82 Å². The van der Waals surface area contributed by atoms with E-state index in [0.717, 1.165) is 11.5 Å². The van der Waals surface area contributed by atoms with E-state index in [9.17, 15) is 4.39 Å². The molecule has 1 fully saturated rings. The van der Waals surface area contributed by atoms with Crippen LogP contribution >= 0.6 is 0 Å². The van der Waals surface area contributed by atoms with Gasteiger partial charge in [0.25, 0.3) is 0 Å². The molecule has 1 aromatic rings. The van der Waals surface area contributed by atoms with Gasteiger partial charge in [0, 0.05) is 6.04 Å². The molecule has 0 bridgehead atoms. The van der Waals surface area contributed by atoms with E-state index < -0.39 is 0 Å². The molecule has 2 heteroatoms. The molecule has 100 valence electrons. The molecule has 0 aliphatic heterocycles. The van der Waals surface area contributed by atoms with Crippen molar-refractivity contribution in [3.05, 3.63) is 29.6 Å². The topological polar surface area (TPSA) is 12.0 Å². The van der Waals surface area contributed by atoms with Crippen LogP contribution in [0.4, 0.5) is 10.1 Å². The number of aryl methyl sites for hydroxylation is 1. The van der Waals surface area contributed by atoms with Gasteiger partial charge in [0.2, 0.25) is 0 Å². The first-order valence-corrected chi connectivity index (χ1v) is 7.21. The van der Waals surface area contributed by atoms with Crippen molar-refractivity contribution >= 4 is 5.69 Å². The van der Waals surface area contributed by atoms with Crippen molar-refractivity contribution in [1.29, 1.82) is 0 Å². The zero-order valence-corrected chi connectivity index (χ0v) is 11.5. The Morgan fingerprint density at radius 2 is 1.94 bits per heavy atom. The van der Waals surface area contributed by atoms with Gasteiger partial charge in [-0.1, -0.05) is 25.8 Å². The number of anilines is 1. The third-order valence-corrected chi connectivity index (χ3v) is 4.03. The molecule has 0 heterocycles. The maximum absolute atomic E-state index is 13.7. The van der Waals surface area contributed by atoms with Crippen LogP contribution in [0.15, 0.2) is 18.2 Å². The van der Waals surface area contributed by atoms with Crippen LogP contribution in [0.3, 0.4) is 0 Å². The molecule has 0 saturated heterocycles. The largest absolute Gasteiger partial charge is 0.380 e. The van der Waals surface area contributed by atoms with Gasteiger partial charge in [0.15, 0.2) is 0 Å². The molecular formula is C16H24FN. The SMILES string of the molecule is CCCC1CCC(Nc2cc(C)ccc2F)CC1. The van der Waals surface area contributed by atoms with Crippen LogP contribution in [0.1, 0.15) is 51.0 Å². The lowest BCUT2D eigenvalue weighted by atomic mass is 9.83. The standard InChI is InChI=1S/C16H24FN/c1-3-4-13-6-8-14(9-7-13)18-16-11-12(2)5-10-15(16)17/h5,10-11,13-14,18H,3-4,6-9H2,1-2H3. The van der Waals surface area contributed by atoms with Crippen molar-refractivity contribution in [2.75, 3.05) is 5.32 Å². The fourth-order valence-electron chi connectivity index (χ4n) is 2.97. The van der Waals surface area contributed by atoms with Crippen molar-refractivity contribution in [2.24, 2.45) is 5.92 Å². The Bertz CT molecular complexity index is 381. The minimum Gasteiger partial charge on any atom is -0.380 e. The third kappa shape index (κ3) is 3.47. The van der Waals surface area contributed by atoms with Gasteiger partial charge in [0.1, 0.15) is 5.82 Å². The van der Waals surface area contributed by atoms with E-state index in [2.05, 4.69) is 12.2 Å². The Balaban J connectivity index is 1.89. The summed E-state index contributed by atoms with van der Waals surface area (Å²) in [5.74, 6) is 0.770. The van der Waals surface area contributed by atoms with Gasteiger partial charge < -0.3 is 5.32 Å². The number of hydrogen-bond acceptors (Lipinski definition) is 1. The average molecular weight is 249 g/mol. The van der Waals surface area contributed by atoms with Gasteiger partial charge in [-0.15, -0.1) is 0 Å². The molecule has 1 nitrogen and oxygen atoms in total. The molecule has 2 rings (SSSR count).